The van der Waals surface area contributed by atoms with Crippen molar-refractivity contribution in [1.29, 1.82) is 0 Å². The molecule has 106 valence electrons. The molecule has 1 aliphatic rings. The molecule has 0 atom stereocenters. The molecule has 5 nitrogen and oxygen atoms in total. The van der Waals surface area contributed by atoms with Crippen LogP contribution in [0.1, 0.15) is 24.2 Å². The molecule has 0 unspecified atom stereocenters. The molecule has 0 saturated carbocycles. The number of amides is 1. The summed E-state index contributed by atoms with van der Waals surface area (Å²) < 4.78 is 31.6. The van der Waals surface area contributed by atoms with E-state index in [4.69, 9.17) is 4.74 Å². The minimum absolute atomic E-state index is 0.252. The van der Waals surface area contributed by atoms with Crippen LogP contribution >= 0.6 is 0 Å². The van der Waals surface area contributed by atoms with Gasteiger partial charge in [-0.2, -0.15) is 0 Å². The maximum atomic E-state index is 13.5. The van der Waals surface area contributed by atoms with Crippen LogP contribution in [0.15, 0.2) is 12.1 Å². The molecule has 0 fully saturated rings. The van der Waals surface area contributed by atoms with Crippen LogP contribution in [0.2, 0.25) is 0 Å². The zero-order valence-corrected chi connectivity index (χ0v) is 10.8. The fourth-order valence-electron chi connectivity index (χ4n) is 1.92. The van der Waals surface area contributed by atoms with Crippen molar-refractivity contribution in [3.63, 3.8) is 0 Å². The second-order valence-corrected chi connectivity index (χ2v) is 4.54. The lowest BCUT2D eigenvalue weighted by Gasteiger charge is -2.16. The van der Waals surface area contributed by atoms with E-state index >= 15 is 0 Å². The number of ketones is 1. The van der Waals surface area contributed by atoms with Crippen LogP contribution in [0.5, 0.6) is 0 Å². The highest BCUT2D eigenvalue weighted by Gasteiger charge is 2.40. The zero-order valence-electron chi connectivity index (χ0n) is 10.8. The largest absolute Gasteiger partial charge is 0.462 e. The van der Waals surface area contributed by atoms with Crippen LogP contribution in [-0.4, -0.2) is 30.3 Å². The third kappa shape index (κ3) is 2.38. The molecule has 7 heteroatoms. The highest BCUT2D eigenvalue weighted by atomic mass is 19.1. The van der Waals surface area contributed by atoms with Gasteiger partial charge >= 0.3 is 5.97 Å². The van der Waals surface area contributed by atoms with Crippen LogP contribution in [0.3, 0.4) is 0 Å². The Morgan fingerprint density at radius 3 is 2.55 bits per heavy atom. The Morgan fingerprint density at radius 1 is 1.30 bits per heavy atom. The first-order valence-corrected chi connectivity index (χ1v) is 5.86. The van der Waals surface area contributed by atoms with Crippen LogP contribution in [0, 0.1) is 11.6 Å². The first-order chi connectivity index (χ1) is 9.31. The summed E-state index contributed by atoms with van der Waals surface area (Å²) in [5.74, 6) is -5.01. The SMILES string of the molecule is CC(C)OC(=O)CN1C(=O)C(=O)c2c(F)cc(F)cc21. The number of hydrogen-bond donors (Lipinski definition) is 0. The molecule has 0 bridgehead atoms. The monoisotopic (exact) mass is 283 g/mol. The Labute approximate surface area is 113 Å². The maximum Gasteiger partial charge on any atom is 0.326 e. The Kier molecular flexibility index (Phi) is 3.52. The molecule has 0 spiro atoms. The van der Waals surface area contributed by atoms with Crippen LogP contribution in [-0.2, 0) is 14.3 Å². The lowest BCUT2D eigenvalue weighted by atomic mass is 10.1. The van der Waals surface area contributed by atoms with Crippen LogP contribution < -0.4 is 4.90 Å². The molecule has 1 aromatic carbocycles. The fraction of sp³-hybridized carbons (Fsp3) is 0.308. The quantitative estimate of drug-likeness (QED) is 0.622. The number of nitrogens with zero attached hydrogens (tertiary/aromatic N) is 1. The summed E-state index contributed by atoms with van der Waals surface area (Å²) in [6.07, 6.45) is -0.403. The molecule has 2 rings (SSSR count). The molecule has 1 amide bonds. The van der Waals surface area contributed by atoms with E-state index in [-0.39, 0.29) is 5.69 Å². The molecule has 0 N–H and O–H groups in total. The second kappa shape index (κ2) is 4.99. The number of Topliss-reactive ketones (excluding diaryl/α,β-unsaturated/α-hetero) is 1. The second-order valence-electron chi connectivity index (χ2n) is 4.54. The maximum absolute atomic E-state index is 13.5. The van der Waals surface area contributed by atoms with Crippen molar-refractivity contribution in [2.45, 2.75) is 20.0 Å². The van der Waals surface area contributed by atoms with E-state index in [1.165, 1.54) is 0 Å². The summed E-state index contributed by atoms with van der Waals surface area (Å²) in [5.41, 5.74) is -0.771. The van der Waals surface area contributed by atoms with Gasteiger partial charge in [0.15, 0.2) is 0 Å². The lowest BCUT2D eigenvalue weighted by molar-refractivity contribution is -0.146. The third-order valence-electron chi connectivity index (χ3n) is 2.65. The van der Waals surface area contributed by atoms with E-state index in [1.54, 1.807) is 13.8 Å². The molecule has 20 heavy (non-hydrogen) atoms. The van der Waals surface area contributed by atoms with Gasteiger partial charge in [0.1, 0.15) is 18.2 Å². The Hall–Kier alpha value is -2.31. The first kappa shape index (κ1) is 14.1. The summed E-state index contributed by atoms with van der Waals surface area (Å²) in [5, 5.41) is 0. The number of ether oxygens (including phenoxy) is 1. The summed E-state index contributed by atoms with van der Waals surface area (Å²) in [6.45, 7) is 2.66. The average Bonchev–Trinajstić information content (AvgIpc) is 2.53. The van der Waals surface area contributed by atoms with E-state index in [0.717, 1.165) is 6.07 Å². The van der Waals surface area contributed by atoms with Gasteiger partial charge in [-0.3, -0.25) is 19.3 Å². The molecular weight excluding hydrogens is 272 g/mol. The molecule has 1 aliphatic heterocycles. The van der Waals surface area contributed by atoms with Crippen molar-refractivity contribution >= 4 is 23.3 Å². The van der Waals surface area contributed by atoms with Gasteiger partial charge in [-0.05, 0) is 19.9 Å². The van der Waals surface area contributed by atoms with Crippen LogP contribution in [0.4, 0.5) is 14.5 Å². The van der Waals surface area contributed by atoms with E-state index < -0.39 is 47.5 Å². The number of hydrogen-bond acceptors (Lipinski definition) is 4. The number of benzene rings is 1. The number of rotatable bonds is 3. The first-order valence-electron chi connectivity index (χ1n) is 5.86. The number of anilines is 1. The predicted octanol–water partition coefficient (Wildman–Crippen LogP) is 1.45. The molecule has 0 aliphatic carbocycles. The number of carbonyl (C=O) groups excluding carboxylic acids is 3. The van der Waals surface area contributed by atoms with Gasteiger partial charge in [-0.25, -0.2) is 8.78 Å². The van der Waals surface area contributed by atoms with Gasteiger partial charge in [0.05, 0.1) is 17.4 Å². The van der Waals surface area contributed by atoms with E-state index in [2.05, 4.69) is 0 Å². The molecule has 0 saturated heterocycles. The third-order valence-corrected chi connectivity index (χ3v) is 2.65. The Bertz CT molecular complexity index is 613. The topological polar surface area (TPSA) is 63.7 Å². The van der Waals surface area contributed by atoms with Crippen molar-refractivity contribution in [1.82, 2.24) is 0 Å². The minimum Gasteiger partial charge on any atom is -0.462 e. The summed E-state index contributed by atoms with van der Waals surface area (Å²) in [7, 11) is 0. The van der Waals surface area contributed by atoms with Gasteiger partial charge in [0.25, 0.3) is 11.7 Å². The van der Waals surface area contributed by atoms with E-state index in [9.17, 15) is 23.2 Å². The lowest BCUT2D eigenvalue weighted by Crippen LogP contribution is -2.36. The Balaban J connectivity index is 2.36. The Morgan fingerprint density at radius 2 is 1.95 bits per heavy atom. The number of fused-ring (bicyclic) bond motifs is 1. The smallest absolute Gasteiger partial charge is 0.326 e. The van der Waals surface area contributed by atoms with Crippen molar-refractivity contribution in [2.75, 3.05) is 11.4 Å². The van der Waals surface area contributed by atoms with Crippen molar-refractivity contribution < 1.29 is 27.9 Å². The van der Waals surface area contributed by atoms with E-state index in [0.29, 0.717) is 11.0 Å². The molecular formula is C13H11F2NO4. The van der Waals surface area contributed by atoms with Crippen LogP contribution in [0.25, 0.3) is 0 Å². The van der Waals surface area contributed by atoms with Gasteiger partial charge in [-0.15, -0.1) is 0 Å². The van der Waals surface area contributed by atoms with E-state index in [1.807, 2.05) is 0 Å². The predicted molar refractivity (Wildman–Crippen MR) is 64.3 cm³/mol. The number of esters is 1. The van der Waals surface area contributed by atoms with Gasteiger partial charge < -0.3 is 4.74 Å². The summed E-state index contributed by atoms with van der Waals surface area (Å²) >= 11 is 0. The summed E-state index contributed by atoms with van der Waals surface area (Å²) in [4.78, 5) is 35.6. The molecule has 0 aromatic heterocycles. The normalized spacial score (nSPS) is 13.9. The highest BCUT2D eigenvalue weighted by molar-refractivity contribution is 6.52. The molecule has 0 radical (unpaired) electrons. The van der Waals surface area contributed by atoms with Gasteiger partial charge in [0.2, 0.25) is 0 Å². The van der Waals surface area contributed by atoms with Gasteiger partial charge in [0, 0.05) is 6.07 Å². The highest BCUT2D eigenvalue weighted by Crippen LogP contribution is 2.31. The van der Waals surface area contributed by atoms with Gasteiger partial charge in [-0.1, -0.05) is 0 Å². The van der Waals surface area contributed by atoms with Crippen molar-refractivity contribution in [2.24, 2.45) is 0 Å². The molecule has 1 heterocycles. The zero-order chi connectivity index (χ0) is 15.0. The number of carbonyl (C=O) groups is 3. The average molecular weight is 283 g/mol. The summed E-state index contributed by atoms with van der Waals surface area (Å²) in [6, 6.07) is 1.35. The minimum atomic E-state index is -1.13. The van der Waals surface area contributed by atoms with Crippen molar-refractivity contribution in [3.05, 3.63) is 29.3 Å². The molecule has 1 aromatic rings. The number of halogens is 2. The standard InChI is InChI=1S/C13H11F2NO4/c1-6(2)20-10(17)5-16-9-4-7(14)3-8(15)11(9)12(18)13(16)19/h3-4,6H,5H2,1-2H3. The van der Waals surface area contributed by atoms with Crippen molar-refractivity contribution in [3.8, 4) is 0 Å². The fourth-order valence-corrected chi connectivity index (χ4v) is 1.92.